The van der Waals surface area contributed by atoms with Gasteiger partial charge in [0.05, 0.1) is 0 Å². The van der Waals surface area contributed by atoms with E-state index in [9.17, 15) is 0 Å². The summed E-state index contributed by atoms with van der Waals surface area (Å²) in [6, 6.07) is 9.30. The summed E-state index contributed by atoms with van der Waals surface area (Å²) in [7, 11) is 0. The molecule has 0 aliphatic carbocycles. The Labute approximate surface area is 214 Å². The molecule has 0 aromatic heterocycles. The standard InChI is InChI=1S/C28H40S4/c1-19-13-21(3)27(22(4)14-19)29-11-7-9-25-17-32-26(18-31-25)10-8-12-30-28-23(5)15-20(2)16-24(28)6/h13-16,25-26H,7-12,17-18H2,1-6H3. The van der Waals surface area contributed by atoms with Crippen molar-refractivity contribution in [1.29, 1.82) is 0 Å². The van der Waals surface area contributed by atoms with Gasteiger partial charge in [-0.1, -0.05) is 35.4 Å². The van der Waals surface area contributed by atoms with Crippen molar-refractivity contribution in [2.45, 2.75) is 87.5 Å². The van der Waals surface area contributed by atoms with E-state index in [0.29, 0.717) is 0 Å². The summed E-state index contributed by atoms with van der Waals surface area (Å²) in [5.74, 6) is 5.22. The summed E-state index contributed by atoms with van der Waals surface area (Å²) < 4.78 is 0. The minimum absolute atomic E-state index is 0.865. The molecule has 1 aliphatic heterocycles. The predicted octanol–water partition coefficient (Wildman–Crippen LogP) is 9.20. The number of hydrogen-bond acceptors (Lipinski definition) is 4. The Morgan fingerprint density at radius 1 is 0.625 bits per heavy atom. The van der Waals surface area contributed by atoms with Crippen molar-refractivity contribution < 1.29 is 0 Å². The molecular formula is C28H40S4. The average Bonchev–Trinajstić information content (AvgIpc) is 2.72. The number of benzene rings is 2. The van der Waals surface area contributed by atoms with Crippen molar-refractivity contribution in [2.75, 3.05) is 23.0 Å². The van der Waals surface area contributed by atoms with E-state index in [2.05, 4.69) is 113 Å². The first-order valence-corrected chi connectivity index (χ1v) is 16.0. The molecule has 1 heterocycles. The van der Waals surface area contributed by atoms with Crippen LogP contribution in [0.2, 0.25) is 0 Å². The molecule has 1 fully saturated rings. The van der Waals surface area contributed by atoms with Crippen molar-refractivity contribution in [1.82, 2.24) is 0 Å². The van der Waals surface area contributed by atoms with E-state index in [1.165, 1.54) is 91.9 Å². The van der Waals surface area contributed by atoms with E-state index in [4.69, 9.17) is 0 Å². The lowest BCUT2D eigenvalue weighted by Gasteiger charge is -2.28. The third-order valence-corrected chi connectivity index (χ3v) is 12.3. The van der Waals surface area contributed by atoms with Crippen LogP contribution in [0.15, 0.2) is 34.1 Å². The van der Waals surface area contributed by atoms with E-state index in [1.54, 1.807) is 0 Å². The molecule has 0 radical (unpaired) electrons. The van der Waals surface area contributed by atoms with Gasteiger partial charge in [-0.3, -0.25) is 0 Å². The Hall–Kier alpha value is -0.160. The van der Waals surface area contributed by atoms with Gasteiger partial charge in [-0.15, -0.1) is 23.5 Å². The highest BCUT2D eigenvalue weighted by atomic mass is 32.2. The monoisotopic (exact) mass is 504 g/mol. The minimum atomic E-state index is 0.865. The lowest BCUT2D eigenvalue weighted by Crippen LogP contribution is -2.21. The smallest absolute Gasteiger partial charge is 0.0138 e. The Balaban J connectivity index is 1.29. The first kappa shape index (κ1) is 26.4. The van der Waals surface area contributed by atoms with E-state index < -0.39 is 0 Å². The second-order valence-corrected chi connectivity index (χ2v) is 14.2. The Morgan fingerprint density at radius 3 is 1.28 bits per heavy atom. The van der Waals surface area contributed by atoms with Crippen LogP contribution in [0.1, 0.15) is 59.1 Å². The first-order chi connectivity index (χ1) is 15.3. The fourth-order valence-electron chi connectivity index (χ4n) is 4.68. The van der Waals surface area contributed by atoms with Crippen LogP contribution >= 0.6 is 47.0 Å². The van der Waals surface area contributed by atoms with Crippen molar-refractivity contribution in [2.24, 2.45) is 0 Å². The number of rotatable bonds is 10. The van der Waals surface area contributed by atoms with Crippen LogP contribution in [0, 0.1) is 41.5 Å². The van der Waals surface area contributed by atoms with Crippen LogP contribution in [0.3, 0.4) is 0 Å². The van der Waals surface area contributed by atoms with Crippen LogP contribution in [-0.2, 0) is 0 Å². The number of aryl methyl sites for hydroxylation is 6. The van der Waals surface area contributed by atoms with E-state index in [1.807, 2.05) is 0 Å². The molecule has 0 N–H and O–H groups in total. The maximum atomic E-state index is 2.32. The molecule has 1 aliphatic rings. The molecule has 0 nitrogen and oxygen atoms in total. The Morgan fingerprint density at radius 2 is 0.969 bits per heavy atom. The topological polar surface area (TPSA) is 0 Å². The molecule has 0 saturated carbocycles. The zero-order valence-electron chi connectivity index (χ0n) is 20.8. The molecule has 2 atom stereocenters. The zero-order chi connectivity index (χ0) is 23.1. The van der Waals surface area contributed by atoms with Gasteiger partial charge in [0.2, 0.25) is 0 Å². The highest BCUT2D eigenvalue weighted by molar-refractivity contribution is 8.07. The van der Waals surface area contributed by atoms with Crippen molar-refractivity contribution in [3.8, 4) is 0 Å². The highest BCUT2D eigenvalue weighted by Crippen LogP contribution is 2.36. The average molecular weight is 505 g/mol. The van der Waals surface area contributed by atoms with Crippen LogP contribution < -0.4 is 0 Å². The molecule has 4 heteroatoms. The van der Waals surface area contributed by atoms with Gasteiger partial charge >= 0.3 is 0 Å². The largest absolute Gasteiger partial charge is 0.157 e. The van der Waals surface area contributed by atoms with Crippen LogP contribution in [0.4, 0.5) is 0 Å². The third-order valence-electron chi connectivity index (χ3n) is 6.08. The normalized spacial score (nSPS) is 18.8. The van der Waals surface area contributed by atoms with Crippen molar-refractivity contribution >= 4 is 47.0 Å². The van der Waals surface area contributed by atoms with Crippen LogP contribution in [0.5, 0.6) is 0 Å². The molecule has 0 amide bonds. The van der Waals surface area contributed by atoms with Gasteiger partial charge in [0.15, 0.2) is 0 Å². The lowest BCUT2D eigenvalue weighted by atomic mass is 10.1. The molecule has 32 heavy (non-hydrogen) atoms. The fourth-order valence-corrected chi connectivity index (χ4v) is 10.1. The molecule has 1 saturated heterocycles. The SMILES string of the molecule is Cc1cc(C)c(SCCCC2CSC(CCCSc3c(C)cc(C)cc3C)CS2)c(C)c1. The second kappa shape index (κ2) is 13.1. The lowest BCUT2D eigenvalue weighted by molar-refractivity contribution is 0.763. The summed E-state index contributed by atoms with van der Waals surface area (Å²) in [6.07, 6.45) is 5.44. The minimum Gasteiger partial charge on any atom is -0.157 e. The maximum absolute atomic E-state index is 2.32. The summed E-state index contributed by atoms with van der Waals surface area (Å²) >= 11 is 8.63. The highest BCUT2D eigenvalue weighted by Gasteiger charge is 2.21. The quantitative estimate of drug-likeness (QED) is 0.233. The van der Waals surface area contributed by atoms with E-state index >= 15 is 0 Å². The maximum Gasteiger partial charge on any atom is 0.0138 e. The number of thioether (sulfide) groups is 4. The number of hydrogen-bond donors (Lipinski definition) is 0. The Bertz CT molecular complexity index is 761. The Kier molecular flexibility index (Phi) is 10.8. The van der Waals surface area contributed by atoms with Gasteiger partial charge in [-0.2, -0.15) is 23.5 Å². The first-order valence-electron chi connectivity index (χ1n) is 12.0. The molecular weight excluding hydrogens is 465 g/mol. The zero-order valence-corrected chi connectivity index (χ0v) is 24.0. The third kappa shape index (κ3) is 7.96. The van der Waals surface area contributed by atoms with Crippen LogP contribution in [-0.4, -0.2) is 33.5 Å². The van der Waals surface area contributed by atoms with Crippen molar-refractivity contribution in [3.05, 3.63) is 57.6 Å². The van der Waals surface area contributed by atoms with Crippen LogP contribution in [0.25, 0.3) is 0 Å². The van der Waals surface area contributed by atoms with Gasteiger partial charge in [0.25, 0.3) is 0 Å². The van der Waals surface area contributed by atoms with Gasteiger partial charge in [0, 0.05) is 31.8 Å². The molecule has 0 spiro atoms. The molecule has 0 bridgehead atoms. The molecule has 2 aromatic carbocycles. The summed E-state index contributed by atoms with van der Waals surface area (Å²) in [4.78, 5) is 3.02. The molecule has 2 unspecified atom stereocenters. The van der Waals surface area contributed by atoms with E-state index in [-0.39, 0.29) is 0 Å². The summed E-state index contributed by atoms with van der Waals surface area (Å²) in [6.45, 7) is 13.4. The molecule has 3 rings (SSSR count). The molecule has 176 valence electrons. The van der Waals surface area contributed by atoms with E-state index in [0.717, 1.165) is 10.5 Å². The predicted molar refractivity (Wildman–Crippen MR) is 154 cm³/mol. The summed E-state index contributed by atoms with van der Waals surface area (Å²) in [5.41, 5.74) is 8.56. The van der Waals surface area contributed by atoms with Gasteiger partial charge in [0.1, 0.15) is 0 Å². The van der Waals surface area contributed by atoms with Gasteiger partial charge in [-0.25, -0.2) is 0 Å². The van der Waals surface area contributed by atoms with Gasteiger partial charge in [-0.05, 0) is 101 Å². The summed E-state index contributed by atoms with van der Waals surface area (Å²) in [5, 5.41) is 1.73. The molecule has 2 aromatic rings. The second-order valence-electron chi connectivity index (χ2n) is 9.35. The van der Waals surface area contributed by atoms with Crippen molar-refractivity contribution in [3.63, 3.8) is 0 Å². The fraction of sp³-hybridized carbons (Fsp3) is 0.571. The van der Waals surface area contributed by atoms with Gasteiger partial charge < -0.3 is 0 Å².